The summed E-state index contributed by atoms with van der Waals surface area (Å²) in [6.07, 6.45) is 0.376. The van der Waals surface area contributed by atoms with Crippen LogP contribution in [0.4, 0.5) is 5.13 Å². The molecule has 0 aliphatic carbocycles. The van der Waals surface area contributed by atoms with Crippen molar-refractivity contribution in [3.05, 3.63) is 34.7 Å². The van der Waals surface area contributed by atoms with E-state index in [0.29, 0.717) is 16.7 Å². The molecule has 1 aliphatic rings. The fourth-order valence-electron chi connectivity index (χ4n) is 3.01. The monoisotopic (exact) mass is 366 g/mol. The molecule has 0 bridgehead atoms. The first-order valence-electron chi connectivity index (χ1n) is 8.00. The first kappa shape index (κ1) is 17.4. The summed E-state index contributed by atoms with van der Waals surface area (Å²) < 4.78 is 5.70. The molecule has 2 atom stereocenters. The van der Waals surface area contributed by atoms with Crippen molar-refractivity contribution in [3.63, 3.8) is 0 Å². The van der Waals surface area contributed by atoms with Gasteiger partial charge in [-0.05, 0) is 26.0 Å². The number of thiazole rings is 1. The number of quaternary nitrogens is 1. The van der Waals surface area contributed by atoms with Gasteiger partial charge >= 0.3 is 0 Å². The summed E-state index contributed by atoms with van der Waals surface area (Å²) in [5, 5.41) is 6.15. The molecule has 0 spiro atoms. The Morgan fingerprint density at radius 1 is 1.33 bits per heavy atom. The minimum absolute atomic E-state index is 0.0108. The van der Waals surface area contributed by atoms with Gasteiger partial charge in [-0.1, -0.05) is 23.7 Å². The van der Waals surface area contributed by atoms with Gasteiger partial charge in [0, 0.05) is 16.0 Å². The fourth-order valence-corrected chi connectivity index (χ4v) is 3.87. The Hall–Kier alpha value is -1.47. The van der Waals surface area contributed by atoms with Crippen LogP contribution >= 0.6 is 22.9 Å². The second-order valence-corrected chi connectivity index (χ2v) is 7.48. The van der Waals surface area contributed by atoms with Crippen molar-refractivity contribution >= 4 is 34.0 Å². The SMILES string of the molecule is C[C@H]1C[NH+](CC(=O)Nc2nc(-c3ccc(Cl)cc3)cs2)C[C@H](C)O1. The highest BCUT2D eigenvalue weighted by molar-refractivity contribution is 7.14. The molecular formula is C17H21ClN3O2S+. The van der Waals surface area contributed by atoms with Crippen molar-refractivity contribution in [2.45, 2.75) is 26.1 Å². The smallest absolute Gasteiger partial charge is 0.281 e. The molecule has 2 aromatic rings. The van der Waals surface area contributed by atoms with Crippen LogP contribution in [0, 0.1) is 0 Å². The van der Waals surface area contributed by atoms with Gasteiger partial charge in [0.15, 0.2) is 11.7 Å². The van der Waals surface area contributed by atoms with Crippen LogP contribution in [0.5, 0.6) is 0 Å². The van der Waals surface area contributed by atoms with Crippen molar-refractivity contribution in [1.82, 2.24) is 4.98 Å². The zero-order valence-corrected chi connectivity index (χ0v) is 15.3. The highest BCUT2D eigenvalue weighted by Gasteiger charge is 2.27. The molecular weight excluding hydrogens is 346 g/mol. The average molecular weight is 367 g/mol. The van der Waals surface area contributed by atoms with E-state index in [0.717, 1.165) is 24.3 Å². The van der Waals surface area contributed by atoms with Crippen LogP contribution in [0.2, 0.25) is 5.02 Å². The maximum Gasteiger partial charge on any atom is 0.281 e. The second kappa shape index (κ2) is 7.61. The zero-order chi connectivity index (χ0) is 17.1. The van der Waals surface area contributed by atoms with Crippen LogP contribution in [0.1, 0.15) is 13.8 Å². The molecule has 0 radical (unpaired) electrons. The third kappa shape index (κ3) is 4.54. The van der Waals surface area contributed by atoms with Gasteiger partial charge < -0.3 is 9.64 Å². The van der Waals surface area contributed by atoms with E-state index in [1.807, 2.05) is 43.5 Å². The number of carbonyl (C=O) groups excluding carboxylic acids is 1. The molecule has 1 aromatic carbocycles. The minimum atomic E-state index is -0.0108. The van der Waals surface area contributed by atoms with Crippen LogP contribution in [-0.4, -0.2) is 42.7 Å². The molecule has 128 valence electrons. The van der Waals surface area contributed by atoms with E-state index in [2.05, 4.69) is 10.3 Å². The summed E-state index contributed by atoms with van der Waals surface area (Å²) >= 11 is 7.33. The lowest BCUT2D eigenvalue weighted by molar-refractivity contribution is -0.907. The maximum atomic E-state index is 12.3. The third-order valence-electron chi connectivity index (χ3n) is 3.92. The summed E-state index contributed by atoms with van der Waals surface area (Å²) in [6.45, 7) is 6.24. The molecule has 2 N–H and O–H groups in total. The number of halogens is 1. The maximum absolute atomic E-state index is 12.3. The van der Waals surface area contributed by atoms with Gasteiger partial charge in [0.25, 0.3) is 5.91 Å². The first-order valence-corrected chi connectivity index (χ1v) is 9.25. The van der Waals surface area contributed by atoms with Crippen LogP contribution in [0.3, 0.4) is 0 Å². The predicted octanol–water partition coefficient (Wildman–Crippen LogP) is 2.09. The number of nitrogens with one attached hydrogen (secondary N) is 2. The highest BCUT2D eigenvalue weighted by Crippen LogP contribution is 2.25. The second-order valence-electron chi connectivity index (χ2n) is 6.19. The number of amides is 1. The molecule has 24 heavy (non-hydrogen) atoms. The molecule has 0 unspecified atom stereocenters. The Morgan fingerprint density at radius 3 is 2.67 bits per heavy atom. The Balaban J connectivity index is 1.58. The average Bonchev–Trinajstić information content (AvgIpc) is 2.95. The van der Waals surface area contributed by atoms with Gasteiger partial charge in [0.2, 0.25) is 0 Å². The number of rotatable bonds is 4. The van der Waals surface area contributed by atoms with Crippen molar-refractivity contribution in [3.8, 4) is 11.3 Å². The number of hydrogen-bond acceptors (Lipinski definition) is 4. The molecule has 3 rings (SSSR count). The Morgan fingerprint density at radius 2 is 2.00 bits per heavy atom. The molecule has 7 heteroatoms. The zero-order valence-electron chi connectivity index (χ0n) is 13.7. The summed E-state index contributed by atoms with van der Waals surface area (Å²) in [5.41, 5.74) is 1.82. The van der Waals surface area contributed by atoms with Gasteiger partial charge in [-0.25, -0.2) is 4.98 Å². The normalized spacial score (nSPS) is 23.9. The number of morpholine rings is 1. The fraction of sp³-hybridized carbons (Fsp3) is 0.412. The van der Waals surface area contributed by atoms with Crippen LogP contribution < -0.4 is 10.2 Å². The van der Waals surface area contributed by atoms with Crippen molar-refractivity contribution in [1.29, 1.82) is 0 Å². The number of aromatic nitrogens is 1. The van der Waals surface area contributed by atoms with Gasteiger partial charge in [0.05, 0.1) is 5.69 Å². The summed E-state index contributed by atoms with van der Waals surface area (Å²) in [5.74, 6) is -0.0108. The standard InChI is InChI=1S/C17H20ClN3O2S/c1-11-7-21(8-12(2)23-11)9-16(22)20-17-19-15(10-24-17)13-3-5-14(18)6-4-13/h3-6,10-12H,7-9H2,1-2H3,(H,19,20,22)/p+1/t11-,12-/m0/s1. The largest absolute Gasteiger partial charge is 0.364 e. The van der Waals surface area contributed by atoms with Gasteiger partial charge in [-0.15, -0.1) is 11.3 Å². The molecule has 5 nitrogen and oxygen atoms in total. The minimum Gasteiger partial charge on any atom is -0.364 e. The first-order chi connectivity index (χ1) is 11.5. The van der Waals surface area contributed by atoms with Crippen LogP contribution in [-0.2, 0) is 9.53 Å². The van der Waals surface area contributed by atoms with E-state index in [9.17, 15) is 4.79 Å². The number of nitrogens with zero attached hydrogens (tertiary/aromatic N) is 1. The third-order valence-corrected chi connectivity index (χ3v) is 4.93. The molecule has 1 amide bonds. The number of hydrogen-bond donors (Lipinski definition) is 2. The highest BCUT2D eigenvalue weighted by atomic mass is 35.5. The lowest BCUT2D eigenvalue weighted by atomic mass is 10.2. The Kier molecular flexibility index (Phi) is 5.50. The molecule has 1 aliphatic heterocycles. The van der Waals surface area contributed by atoms with Crippen LogP contribution in [0.25, 0.3) is 11.3 Å². The van der Waals surface area contributed by atoms with Crippen molar-refractivity contribution in [2.24, 2.45) is 0 Å². The van der Waals surface area contributed by atoms with E-state index in [1.54, 1.807) is 0 Å². The molecule has 1 aromatic heterocycles. The lowest BCUT2D eigenvalue weighted by Gasteiger charge is -2.31. The number of carbonyl (C=O) groups is 1. The van der Waals surface area contributed by atoms with Crippen molar-refractivity contribution in [2.75, 3.05) is 25.0 Å². The van der Waals surface area contributed by atoms with Crippen LogP contribution in [0.15, 0.2) is 29.6 Å². The topological polar surface area (TPSA) is 55.7 Å². The van der Waals surface area contributed by atoms with Gasteiger partial charge in [-0.2, -0.15) is 0 Å². The molecule has 1 saturated heterocycles. The van der Waals surface area contributed by atoms with Gasteiger partial charge in [-0.3, -0.25) is 10.1 Å². The molecule has 1 fully saturated rings. The molecule has 2 heterocycles. The summed E-state index contributed by atoms with van der Waals surface area (Å²) in [7, 11) is 0. The predicted molar refractivity (Wildman–Crippen MR) is 96.8 cm³/mol. The number of anilines is 1. The van der Waals surface area contributed by atoms with Gasteiger partial charge in [0.1, 0.15) is 25.3 Å². The van der Waals surface area contributed by atoms with E-state index in [-0.39, 0.29) is 18.1 Å². The quantitative estimate of drug-likeness (QED) is 0.871. The van der Waals surface area contributed by atoms with Crippen molar-refractivity contribution < 1.29 is 14.4 Å². The number of benzene rings is 1. The van der Waals surface area contributed by atoms with E-state index in [1.165, 1.54) is 16.2 Å². The summed E-state index contributed by atoms with van der Waals surface area (Å²) in [6, 6.07) is 7.50. The summed E-state index contributed by atoms with van der Waals surface area (Å²) in [4.78, 5) is 18.0. The van der Waals surface area contributed by atoms with E-state index in [4.69, 9.17) is 16.3 Å². The Labute approximate surface area is 150 Å². The number of ether oxygens (including phenoxy) is 1. The van der Waals surface area contributed by atoms with E-state index < -0.39 is 0 Å². The Bertz CT molecular complexity index is 694. The molecule has 0 saturated carbocycles. The lowest BCUT2D eigenvalue weighted by Crippen LogP contribution is -3.16. The van der Waals surface area contributed by atoms with E-state index >= 15 is 0 Å².